The molecule has 10 nitrogen and oxygen atoms in total. The molecule has 0 radical (unpaired) electrons. The second kappa shape index (κ2) is 10.2. The van der Waals surface area contributed by atoms with Crippen LogP contribution in [0.4, 0.5) is 10.5 Å². The molecule has 2 aromatic carbocycles. The molecule has 194 valence electrons. The maximum absolute atomic E-state index is 12.3. The Balaban J connectivity index is 1.26. The molecule has 0 spiro atoms. The van der Waals surface area contributed by atoms with Gasteiger partial charge in [-0.1, -0.05) is 12.1 Å². The first kappa shape index (κ1) is 24.0. The van der Waals surface area contributed by atoms with Gasteiger partial charge in [-0.3, -0.25) is 5.32 Å². The third-order valence-electron chi connectivity index (χ3n) is 7.22. The van der Waals surface area contributed by atoms with Crippen LogP contribution in [0.3, 0.4) is 0 Å². The average molecular weight is 512 g/mol. The van der Waals surface area contributed by atoms with Gasteiger partial charge in [0.25, 0.3) is 0 Å². The zero-order valence-corrected chi connectivity index (χ0v) is 21.2. The molecule has 1 amide bonds. The SMILES string of the molecule is CC(OC(=O)Nc1ccc(-c2c(C#N)c3ccc(OCCn4ncnn4)cc3n2CC2CC2)cc1)C1CC1. The molecule has 6 rings (SSSR count). The van der Waals surface area contributed by atoms with Crippen molar-refractivity contribution in [3.63, 3.8) is 0 Å². The van der Waals surface area contributed by atoms with Gasteiger partial charge in [-0.15, -0.1) is 10.2 Å². The van der Waals surface area contributed by atoms with Crippen LogP contribution in [0, 0.1) is 23.2 Å². The molecule has 2 aliphatic rings. The summed E-state index contributed by atoms with van der Waals surface area (Å²) in [5.74, 6) is 1.81. The summed E-state index contributed by atoms with van der Waals surface area (Å²) in [6, 6.07) is 15.9. The lowest BCUT2D eigenvalue weighted by molar-refractivity contribution is 0.108. The number of amides is 1. The quantitative estimate of drug-likeness (QED) is 0.318. The Labute approximate surface area is 220 Å². The molecule has 4 aromatic rings. The maximum atomic E-state index is 12.3. The van der Waals surface area contributed by atoms with E-state index < -0.39 is 6.09 Å². The minimum Gasteiger partial charge on any atom is -0.492 e. The van der Waals surface area contributed by atoms with Crippen molar-refractivity contribution in [2.24, 2.45) is 11.8 Å². The summed E-state index contributed by atoms with van der Waals surface area (Å²) in [6.45, 7) is 3.67. The lowest BCUT2D eigenvalue weighted by atomic mass is 10.1. The van der Waals surface area contributed by atoms with Crippen molar-refractivity contribution in [2.45, 2.75) is 51.8 Å². The summed E-state index contributed by atoms with van der Waals surface area (Å²) < 4.78 is 13.7. The van der Waals surface area contributed by atoms with E-state index >= 15 is 0 Å². The number of anilines is 1. The fourth-order valence-corrected chi connectivity index (χ4v) is 4.81. The third-order valence-corrected chi connectivity index (χ3v) is 7.22. The highest BCUT2D eigenvalue weighted by Crippen LogP contribution is 2.40. The molecular formula is C28H29N7O3. The Kier molecular flexibility index (Phi) is 6.42. The van der Waals surface area contributed by atoms with Gasteiger partial charge in [-0.25, -0.2) is 4.79 Å². The van der Waals surface area contributed by atoms with Crippen molar-refractivity contribution in [1.29, 1.82) is 5.26 Å². The summed E-state index contributed by atoms with van der Waals surface area (Å²) >= 11 is 0. The van der Waals surface area contributed by atoms with E-state index in [0.717, 1.165) is 47.3 Å². The number of fused-ring (bicyclic) bond motifs is 1. The molecule has 2 fully saturated rings. The smallest absolute Gasteiger partial charge is 0.411 e. The number of rotatable bonds is 10. The number of aromatic nitrogens is 5. The summed E-state index contributed by atoms with van der Waals surface area (Å²) in [6.07, 6.45) is 5.49. The maximum Gasteiger partial charge on any atom is 0.411 e. The van der Waals surface area contributed by atoms with Gasteiger partial charge in [0.15, 0.2) is 6.33 Å². The van der Waals surface area contributed by atoms with E-state index in [1.54, 1.807) is 0 Å². The van der Waals surface area contributed by atoms with Gasteiger partial charge < -0.3 is 14.0 Å². The molecule has 38 heavy (non-hydrogen) atoms. The Morgan fingerprint density at radius 1 is 1.18 bits per heavy atom. The van der Waals surface area contributed by atoms with E-state index in [4.69, 9.17) is 9.47 Å². The summed E-state index contributed by atoms with van der Waals surface area (Å²) in [7, 11) is 0. The van der Waals surface area contributed by atoms with Crippen LogP contribution in [-0.4, -0.2) is 43.6 Å². The minimum absolute atomic E-state index is 0.0707. The van der Waals surface area contributed by atoms with E-state index in [2.05, 4.69) is 31.4 Å². The second-order valence-corrected chi connectivity index (χ2v) is 10.1. The van der Waals surface area contributed by atoms with Crippen LogP contribution in [0.15, 0.2) is 48.8 Å². The number of nitriles is 1. The molecule has 2 aliphatic carbocycles. The molecule has 0 bridgehead atoms. The van der Waals surface area contributed by atoms with Crippen molar-refractivity contribution in [3.05, 3.63) is 54.4 Å². The highest BCUT2D eigenvalue weighted by atomic mass is 16.6. The van der Waals surface area contributed by atoms with Crippen LogP contribution in [-0.2, 0) is 17.8 Å². The lowest BCUT2D eigenvalue weighted by Crippen LogP contribution is -2.21. The van der Waals surface area contributed by atoms with Gasteiger partial charge in [0.1, 0.15) is 24.5 Å². The fraction of sp³-hybridized carbons (Fsp3) is 0.393. The lowest BCUT2D eigenvalue weighted by Gasteiger charge is -2.14. The van der Waals surface area contributed by atoms with Crippen molar-refractivity contribution in [2.75, 3.05) is 11.9 Å². The zero-order valence-electron chi connectivity index (χ0n) is 21.2. The van der Waals surface area contributed by atoms with E-state index in [0.29, 0.717) is 36.2 Å². The molecule has 2 heterocycles. The largest absolute Gasteiger partial charge is 0.492 e. The predicted molar refractivity (Wildman–Crippen MR) is 140 cm³/mol. The van der Waals surface area contributed by atoms with E-state index in [9.17, 15) is 10.1 Å². The summed E-state index contributed by atoms with van der Waals surface area (Å²) in [5, 5.41) is 25.5. The molecule has 1 N–H and O–H groups in total. The normalized spacial score (nSPS) is 15.7. The number of hydrogen-bond acceptors (Lipinski definition) is 7. The molecule has 10 heteroatoms. The Morgan fingerprint density at radius 3 is 2.68 bits per heavy atom. The van der Waals surface area contributed by atoms with Gasteiger partial charge in [-0.05, 0) is 79.5 Å². The van der Waals surface area contributed by atoms with Gasteiger partial charge in [-0.2, -0.15) is 10.1 Å². The van der Waals surface area contributed by atoms with Crippen molar-refractivity contribution < 1.29 is 14.3 Å². The number of ether oxygens (including phenoxy) is 2. The van der Waals surface area contributed by atoms with Crippen LogP contribution >= 0.6 is 0 Å². The standard InChI is InChI=1S/C28H29N7O3/c1-18(20-4-5-20)38-28(36)32-22-8-6-21(7-9-22)27-25(15-29)24-11-10-23(37-13-12-35-31-17-30-33-35)14-26(24)34(27)16-19-2-3-19/h6-11,14,17-20H,2-5,12-13,16H2,1H3,(H,32,36). The van der Waals surface area contributed by atoms with Gasteiger partial charge in [0.05, 0.1) is 23.3 Å². The Bertz CT molecular complexity index is 1480. The van der Waals surface area contributed by atoms with Crippen molar-refractivity contribution in [1.82, 2.24) is 24.8 Å². The van der Waals surface area contributed by atoms with Crippen molar-refractivity contribution in [3.8, 4) is 23.1 Å². The predicted octanol–water partition coefficient (Wildman–Crippen LogP) is 5.00. The Hall–Kier alpha value is -4.39. The number of tetrazole rings is 1. The van der Waals surface area contributed by atoms with E-state index in [1.807, 2.05) is 49.4 Å². The second-order valence-electron chi connectivity index (χ2n) is 10.1. The molecular weight excluding hydrogens is 482 g/mol. The number of carbonyl (C=O) groups is 1. The highest BCUT2D eigenvalue weighted by Gasteiger charge is 2.31. The van der Waals surface area contributed by atoms with Crippen LogP contribution in [0.25, 0.3) is 22.2 Å². The first-order valence-electron chi connectivity index (χ1n) is 13.1. The van der Waals surface area contributed by atoms with Crippen LogP contribution < -0.4 is 10.1 Å². The van der Waals surface area contributed by atoms with Crippen LogP contribution in [0.1, 0.15) is 38.2 Å². The summed E-state index contributed by atoms with van der Waals surface area (Å²) in [4.78, 5) is 13.8. The van der Waals surface area contributed by atoms with Gasteiger partial charge in [0, 0.05) is 23.7 Å². The topological polar surface area (TPSA) is 120 Å². The monoisotopic (exact) mass is 511 g/mol. The zero-order chi connectivity index (χ0) is 26.1. The third kappa shape index (κ3) is 5.18. The first-order valence-corrected chi connectivity index (χ1v) is 13.1. The number of benzene rings is 2. The highest BCUT2D eigenvalue weighted by molar-refractivity contribution is 5.95. The van der Waals surface area contributed by atoms with Crippen LogP contribution in [0.5, 0.6) is 5.75 Å². The number of nitrogens with zero attached hydrogens (tertiary/aromatic N) is 6. The molecule has 2 saturated carbocycles. The fourth-order valence-electron chi connectivity index (χ4n) is 4.81. The summed E-state index contributed by atoms with van der Waals surface area (Å²) in [5.41, 5.74) is 4.07. The minimum atomic E-state index is -0.440. The van der Waals surface area contributed by atoms with E-state index in [1.165, 1.54) is 24.0 Å². The van der Waals surface area contributed by atoms with E-state index in [-0.39, 0.29) is 6.10 Å². The molecule has 1 unspecified atom stereocenters. The van der Waals surface area contributed by atoms with Gasteiger partial charge in [0.2, 0.25) is 0 Å². The molecule has 0 aliphatic heterocycles. The number of nitrogens with one attached hydrogen (secondary N) is 1. The Morgan fingerprint density at radius 2 is 2.00 bits per heavy atom. The average Bonchev–Trinajstić information content (AvgIpc) is 3.85. The molecule has 1 atom stereocenters. The van der Waals surface area contributed by atoms with Crippen LogP contribution in [0.2, 0.25) is 0 Å². The first-order chi connectivity index (χ1) is 18.6. The molecule has 2 aromatic heterocycles. The number of carbonyl (C=O) groups excluding carboxylic acids is 1. The van der Waals surface area contributed by atoms with Gasteiger partial charge >= 0.3 is 6.09 Å². The van der Waals surface area contributed by atoms with Crippen molar-refractivity contribution >= 4 is 22.7 Å². The molecule has 0 saturated heterocycles. The number of hydrogen-bond donors (Lipinski definition) is 1.